The van der Waals surface area contributed by atoms with E-state index >= 15 is 0 Å². The third-order valence-electron chi connectivity index (χ3n) is 2.74. The van der Waals surface area contributed by atoms with Crippen LogP contribution in [0.5, 0.6) is 0 Å². The first-order valence-electron chi connectivity index (χ1n) is 5.41. The van der Waals surface area contributed by atoms with Crippen molar-refractivity contribution < 1.29 is 4.92 Å². The van der Waals surface area contributed by atoms with Gasteiger partial charge in [-0.05, 0) is 19.1 Å². The second kappa shape index (κ2) is 4.37. The van der Waals surface area contributed by atoms with Crippen molar-refractivity contribution in [2.75, 3.05) is 0 Å². The van der Waals surface area contributed by atoms with Crippen molar-refractivity contribution in [2.45, 2.75) is 20.3 Å². The predicted molar refractivity (Wildman–Crippen MR) is 65.1 cm³/mol. The number of aromatic nitrogens is 2. The maximum atomic E-state index is 10.9. The number of allylic oxidation sites excluding steroid dienone is 2. The van der Waals surface area contributed by atoms with Crippen LogP contribution >= 0.6 is 0 Å². The van der Waals surface area contributed by atoms with E-state index in [1.54, 1.807) is 13.8 Å². The fourth-order valence-electron chi connectivity index (χ4n) is 1.79. The molecule has 5 heteroatoms. The van der Waals surface area contributed by atoms with Gasteiger partial charge in [0.1, 0.15) is 5.65 Å². The molecule has 0 saturated carbocycles. The summed E-state index contributed by atoms with van der Waals surface area (Å²) in [5, 5.41) is 10.9. The molecule has 2 heterocycles. The zero-order valence-corrected chi connectivity index (χ0v) is 9.75. The Hall–Kier alpha value is -2.17. The normalized spacial score (nSPS) is 12.6. The van der Waals surface area contributed by atoms with Crippen LogP contribution in [0.25, 0.3) is 11.2 Å². The van der Waals surface area contributed by atoms with Gasteiger partial charge in [0.05, 0.1) is 10.6 Å². The summed E-state index contributed by atoms with van der Waals surface area (Å²) in [5.41, 5.74) is 2.29. The average molecular weight is 231 g/mol. The van der Waals surface area contributed by atoms with Crippen molar-refractivity contribution >= 4 is 11.2 Å². The molecule has 2 aromatic heterocycles. The zero-order valence-electron chi connectivity index (χ0n) is 9.75. The van der Waals surface area contributed by atoms with Gasteiger partial charge in [-0.25, -0.2) is 4.98 Å². The summed E-state index contributed by atoms with van der Waals surface area (Å²) in [5.74, 6) is 0. The van der Waals surface area contributed by atoms with Gasteiger partial charge in [0.15, 0.2) is 0 Å². The second-order valence-electron chi connectivity index (χ2n) is 3.77. The Balaban J connectivity index is 2.56. The van der Waals surface area contributed by atoms with Gasteiger partial charge in [-0.3, -0.25) is 10.1 Å². The molecule has 0 N–H and O–H groups in total. The van der Waals surface area contributed by atoms with Crippen molar-refractivity contribution in [3.63, 3.8) is 0 Å². The van der Waals surface area contributed by atoms with Crippen LogP contribution in [-0.2, 0) is 0 Å². The van der Waals surface area contributed by atoms with E-state index in [4.69, 9.17) is 0 Å². The fraction of sp³-hybridized carbons (Fsp3) is 0.250. The van der Waals surface area contributed by atoms with Crippen molar-refractivity contribution in [3.05, 3.63) is 52.1 Å². The molecule has 0 aliphatic rings. The first-order valence-corrected chi connectivity index (χ1v) is 5.41. The van der Waals surface area contributed by atoms with E-state index in [-0.39, 0.29) is 10.6 Å². The monoisotopic (exact) mass is 231 g/mol. The van der Waals surface area contributed by atoms with Gasteiger partial charge in [-0.15, -0.1) is 0 Å². The van der Waals surface area contributed by atoms with Crippen LogP contribution in [0.3, 0.4) is 0 Å². The molecule has 0 radical (unpaired) electrons. The van der Waals surface area contributed by atoms with Crippen LogP contribution in [0, 0.1) is 10.1 Å². The number of nitro groups is 1. The van der Waals surface area contributed by atoms with Crippen molar-refractivity contribution in [1.29, 1.82) is 0 Å². The van der Waals surface area contributed by atoms with Gasteiger partial charge in [0.2, 0.25) is 0 Å². The summed E-state index contributed by atoms with van der Waals surface area (Å²) in [4.78, 5) is 14.9. The molecular formula is C12H13N3O2. The van der Waals surface area contributed by atoms with Gasteiger partial charge < -0.3 is 4.40 Å². The predicted octanol–water partition coefficient (Wildman–Crippen LogP) is 2.75. The van der Waals surface area contributed by atoms with Crippen LogP contribution in [0.2, 0.25) is 0 Å². The summed E-state index contributed by atoms with van der Waals surface area (Å²) < 4.78 is 1.85. The molecule has 0 aliphatic carbocycles. The Morgan fingerprint density at radius 2 is 2.29 bits per heavy atom. The number of pyridine rings is 1. The Labute approximate surface area is 98.6 Å². The molecule has 0 aromatic carbocycles. The minimum absolute atomic E-state index is 0.216. The van der Waals surface area contributed by atoms with Gasteiger partial charge in [-0.1, -0.05) is 13.0 Å². The van der Waals surface area contributed by atoms with Crippen molar-refractivity contribution in [3.8, 4) is 0 Å². The van der Waals surface area contributed by atoms with Crippen LogP contribution < -0.4 is 0 Å². The number of hydrogen-bond donors (Lipinski definition) is 0. The van der Waals surface area contributed by atoms with Crippen LogP contribution in [0.15, 0.2) is 36.3 Å². The lowest BCUT2D eigenvalue weighted by Gasteiger charge is -1.98. The quantitative estimate of drug-likeness (QED) is 0.602. The molecule has 88 valence electrons. The minimum atomic E-state index is -0.334. The van der Waals surface area contributed by atoms with Gasteiger partial charge in [0.25, 0.3) is 5.70 Å². The minimum Gasteiger partial charge on any atom is -0.306 e. The number of rotatable bonds is 3. The van der Waals surface area contributed by atoms with Crippen molar-refractivity contribution in [2.24, 2.45) is 0 Å². The summed E-state index contributed by atoms with van der Waals surface area (Å²) in [7, 11) is 0. The highest BCUT2D eigenvalue weighted by Crippen LogP contribution is 2.20. The molecule has 0 unspecified atom stereocenters. The molecule has 0 bridgehead atoms. The zero-order chi connectivity index (χ0) is 12.4. The topological polar surface area (TPSA) is 60.4 Å². The van der Waals surface area contributed by atoms with Gasteiger partial charge in [-0.2, -0.15) is 0 Å². The molecule has 0 aliphatic heterocycles. The molecule has 2 aromatic rings. The molecule has 2 rings (SSSR count). The highest BCUT2D eigenvalue weighted by molar-refractivity contribution is 5.64. The van der Waals surface area contributed by atoms with E-state index < -0.39 is 0 Å². The first-order chi connectivity index (χ1) is 8.13. The summed E-state index contributed by atoms with van der Waals surface area (Å²) >= 11 is 0. The lowest BCUT2D eigenvalue weighted by Crippen LogP contribution is -2.00. The molecule has 0 saturated heterocycles. The molecule has 0 amide bonds. The van der Waals surface area contributed by atoms with E-state index in [0.29, 0.717) is 17.7 Å². The fourth-order valence-corrected chi connectivity index (χ4v) is 1.79. The van der Waals surface area contributed by atoms with Crippen molar-refractivity contribution in [1.82, 2.24) is 9.38 Å². The van der Waals surface area contributed by atoms with Gasteiger partial charge in [0, 0.05) is 24.4 Å². The molecule has 5 nitrogen and oxygen atoms in total. The van der Waals surface area contributed by atoms with E-state index in [1.807, 2.05) is 35.0 Å². The second-order valence-corrected chi connectivity index (χ2v) is 3.77. The van der Waals surface area contributed by atoms with Crippen LogP contribution in [0.4, 0.5) is 0 Å². The Kier molecular flexibility index (Phi) is 2.91. The van der Waals surface area contributed by atoms with Crippen LogP contribution in [-0.4, -0.2) is 14.3 Å². The average Bonchev–Trinajstić information content (AvgIpc) is 2.72. The largest absolute Gasteiger partial charge is 0.306 e. The van der Waals surface area contributed by atoms with E-state index in [9.17, 15) is 10.1 Å². The summed E-state index contributed by atoms with van der Waals surface area (Å²) in [6, 6.07) is 5.65. The number of imidazole rings is 1. The maximum Gasteiger partial charge on any atom is 0.251 e. The van der Waals surface area contributed by atoms with E-state index in [1.165, 1.54) is 0 Å². The standard InChI is InChI=1S/C12H13N3O2/c1-3-11(15(16)17)9(2)10-8-14-7-5-4-6-12(14)13-10/h4-8H,3H2,1-2H3/b11-9-. The third-order valence-corrected chi connectivity index (χ3v) is 2.74. The Morgan fingerprint density at radius 3 is 2.88 bits per heavy atom. The molecular weight excluding hydrogens is 218 g/mol. The highest BCUT2D eigenvalue weighted by atomic mass is 16.6. The maximum absolute atomic E-state index is 10.9. The first kappa shape index (κ1) is 11.3. The summed E-state index contributed by atoms with van der Waals surface area (Å²) in [6.07, 6.45) is 4.08. The molecule has 0 fully saturated rings. The molecule has 0 atom stereocenters. The summed E-state index contributed by atoms with van der Waals surface area (Å²) in [6.45, 7) is 3.51. The number of hydrogen-bond acceptors (Lipinski definition) is 3. The Morgan fingerprint density at radius 1 is 1.53 bits per heavy atom. The number of nitrogens with zero attached hydrogens (tertiary/aromatic N) is 3. The molecule has 17 heavy (non-hydrogen) atoms. The Bertz CT molecular complexity index is 566. The van der Waals surface area contributed by atoms with Crippen LogP contribution in [0.1, 0.15) is 26.0 Å². The van der Waals surface area contributed by atoms with E-state index in [2.05, 4.69) is 4.98 Å². The lowest BCUT2D eigenvalue weighted by molar-refractivity contribution is -0.426. The van der Waals surface area contributed by atoms with E-state index in [0.717, 1.165) is 5.65 Å². The smallest absolute Gasteiger partial charge is 0.251 e. The lowest BCUT2D eigenvalue weighted by atomic mass is 10.1. The van der Waals surface area contributed by atoms with Gasteiger partial charge >= 0.3 is 0 Å². The highest BCUT2D eigenvalue weighted by Gasteiger charge is 2.16. The number of fused-ring (bicyclic) bond motifs is 1. The third kappa shape index (κ3) is 2.04. The SMILES string of the molecule is CC/C(=C(\C)c1cn2ccccc2n1)[N+](=O)[O-]. The molecule has 0 spiro atoms.